The molecule has 1 amide bonds. The molecule has 0 saturated carbocycles. The molecule has 1 heterocycles. The van der Waals surface area contributed by atoms with Gasteiger partial charge in [-0.2, -0.15) is 0 Å². The van der Waals surface area contributed by atoms with Crippen LogP contribution in [-0.4, -0.2) is 66.1 Å². The lowest BCUT2D eigenvalue weighted by Crippen LogP contribution is -2.48. The molecule has 164 valence electrons. The first kappa shape index (κ1) is 23.0. The van der Waals surface area contributed by atoms with E-state index in [4.69, 9.17) is 11.6 Å². The lowest BCUT2D eigenvalue weighted by molar-refractivity contribution is -0.144. The van der Waals surface area contributed by atoms with E-state index < -0.39 is 11.9 Å². The lowest BCUT2D eigenvalue weighted by Gasteiger charge is -2.35. The van der Waals surface area contributed by atoms with Crippen molar-refractivity contribution in [2.75, 3.05) is 44.6 Å². The fourth-order valence-electron chi connectivity index (χ4n) is 3.57. The highest BCUT2D eigenvalue weighted by atomic mass is 35.5. The third-order valence-corrected chi connectivity index (χ3v) is 5.58. The van der Waals surface area contributed by atoms with Gasteiger partial charge in [0.2, 0.25) is 5.91 Å². The standard InChI is InChI=1S/C24H28ClN3O3/c25-21-8-10-22(11-9-21)26-23(29)17-20(24(30)31)18-28-15-13-27(14-16-28)12-4-7-19-5-2-1-3-6-19/h1-11,20H,12-18H2,(H,26,29)(H,30,31)/b7-4+/t20-/m1/s1. The first-order valence-corrected chi connectivity index (χ1v) is 10.8. The number of rotatable bonds is 9. The second-order valence-corrected chi connectivity index (χ2v) is 8.15. The summed E-state index contributed by atoms with van der Waals surface area (Å²) in [5.74, 6) is -1.99. The van der Waals surface area contributed by atoms with Crippen molar-refractivity contribution in [3.63, 3.8) is 0 Å². The molecule has 7 heteroatoms. The average molecular weight is 442 g/mol. The van der Waals surface area contributed by atoms with Crippen LogP contribution < -0.4 is 5.32 Å². The smallest absolute Gasteiger partial charge is 0.308 e. The average Bonchev–Trinajstić information content (AvgIpc) is 2.77. The highest BCUT2D eigenvalue weighted by molar-refractivity contribution is 6.30. The maximum absolute atomic E-state index is 12.3. The minimum absolute atomic E-state index is 0.0576. The molecule has 1 aliphatic rings. The van der Waals surface area contributed by atoms with Crippen molar-refractivity contribution >= 4 is 35.2 Å². The number of carboxylic acids is 1. The molecule has 0 spiro atoms. The van der Waals surface area contributed by atoms with Crippen LogP contribution in [0.25, 0.3) is 6.08 Å². The van der Waals surface area contributed by atoms with Crippen molar-refractivity contribution in [3.05, 3.63) is 71.3 Å². The van der Waals surface area contributed by atoms with Crippen molar-refractivity contribution in [2.45, 2.75) is 6.42 Å². The van der Waals surface area contributed by atoms with Crippen molar-refractivity contribution < 1.29 is 14.7 Å². The number of carbonyl (C=O) groups is 2. The number of anilines is 1. The molecule has 1 saturated heterocycles. The van der Waals surface area contributed by atoms with Crippen molar-refractivity contribution in [3.8, 4) is 0 Å². The molecule has 1 fully saturated rings. The Kier molecular flexibility index (Phi) is 8.64. The van der Waals surface area contributed by atoms with E-state index in [-0.39, 0.29) is 12.3 Å². The predicted molar refractivity (Wildman–Crippen MR) is 124 cm³/mol. The van der Waals surface area contributed by atoms with Gasteiger partial charge < -0.3 is 10.4 Å². The fraction of sp³-hybridized carbons (Fsp3) is 0.333. The molecule has 31 heavy (non-hydrogen) atoms. The van der Waals surface area contributed by atoms with E-state index >= 15 is 0 Å². The summed E-state index contributed by atoms with van der Waals surface area (Å²) in [6.07, 6.45) is 4.22. The number of hydrogen-bond donors (Lipinski definition) is 2. The maximum atomic E-state index is 12.3. The van der Waals surface area contributed by atoms with Gasteiger partial charge >= 0.3 is 5.97 Å². The number of aliphatic carboxylic acids is 1. The van der Waals surface area contributed by atoms with Gasteiger partial charge in [0.1, 0.15) is 0 Å². The number of nitrogens with zero attached hydrogens (tertiary/aromatic N) is 2. The van der Waals surface area contributed by atoms with E-state index in [1.165, 1.54) is 5.56 Å². The Labute approximate surface area is 188 Å². The number of amides is 1. The number of carbonyl (C=O) groups excluding carboxylic acids is 1. The van der Waals surface area contributed by atoms with Crippen LogP contribution in [0.5, 0.6) is 0 Å². The van der Waals surface area contributed by atoms with Gasteiger partial charge in [-0.3, -0.25) is 19.4 Å². The fourth-order valence-corrected chi connectivity index (χ4v) is 3.69. The summed E-state index contributed by atoms with van der Waals surface area (Å²) in [7, 11) is 0. The van der Waals surface area contributed by atoms with E-state index in [1.807, 2.05) is 18.2 Å². The third-order valence-electron chi connectivity index (χ3n) is 5.33. The van der Waals surface area contributed by atoms with Gasteiger partial charge in [0.05, 0.1) is 5.92 Å². The Bertz CT molecular complexity index is 879. The van der Waals surface area contributed by atoms with Crippen LogP contribution >= 0.6 is 11.6 Å². The summed E-state index contributed by atoms with van der Waals surface area (Å²) in [5, 5.41) is 12.9. The Hall–Kier alpha value is -2.67. The normalized spacial score (nSPS) is 16.3. The molecule has 1 atom stereocenters. The zero-order chi connectivity index (χ0) is 22.1. The second-order valence-electron chi connectivity index (χ2n) is 7.71. The largest absolute Gasteiger partial charge is 0.481 e. The molecule has 2 aromatic rings. The molecule has 0 bridgehead atoms. The van der Waals surface area contributed by atoms with E-state index in [1.54, 1.807) is 24.3 Å². The van der Waals surface area contributed by atoms with E-state index in [0.717, 1.165) is 32.7 Å². The number of piperazine rings is 1. The molecular formula is C24H28ClN3O3. The Balaban J connectivity index is 1.42. The summed E-state index contributed by atoms with van der Waals surface area (Å²) in [6, 6.07) is 16.9. The summed E-state index contributed by atoms with van der Waals surface area (Å²) >= 11 is 5.85. The van der Waals surface area contributed by atoms with Crippen molar-refractivity contribution in [2.24, 2.45) is 5.92 Å². The van der Waals surface area contributed by atoms with E-state index in [2.05, 4.69) is 39.4 Å². The first-order valence-electron chi connectivity index (χ1n) is 10.4. The Morgan fingerprint density at radius 3 is 2.29 bits per heavy atom. The Morgan fingerprint density at radius 1 is 1.00 bits per heavy atom. The van der Waals surface area contributed by atoms with E-state index in [9.17, 15) is 14.7 Å². The van der Waals surface area contributed by atoms with Crippen LogP contribution in [0.15, 0.2) is 60.7 Å². The van der Waals surface area contributed by atoms with Gasteiger partial charge in [0.15, 0.2) is 0 Å². The van der Waals surface area contributed by atoms with Gasteiger partial charge in [-0.05, 0) is 29.8 Å². The summed E-state index contributed by atoms with van der Waals surface area (Å²) < 4.78 is 0. The van der Waals surface area contributed by atoms with Crippen molar-refractivity contribution in [1.29, 1.82) is 0 Å². The lowest BCUT2D eigenvalue weighted by atomic mass is 10.0. The van der Waals surface area contributed by atoms with Gasteiger partial charge in [-0.1, -0.05) is 54.1 Å². The second kappa shape index (κ2) is 11.6. The zero-order valence-corrected chi connectivity index (χ0v) is 18.2. The zero-order valence-electron chi connectivity index (χ0n) is 17.4. The van der Waals surface area contributed by atoms with E-state index in [0.29, 0.717) is 17.3 Å². The molecule has 0 aliphatic carbocycles. The number of carboxylic acid groups (broad SMARTS) is 1. The van der Waals surface area contributed by atoms with Crippen LogP contribution in [-0.2, 0) is 9.59 Å². The highest BCUT2D eigenvalue weighted by Crippen LogP contribution is 2.16. The number of benzene rings is 2. The Morgan fingerprint density at radius 2 is 1.65 bits per heavy atom. The molecule has 0 unspecified atom stereocenters. The van der Waals surface area contributed by atoms with Crippen LogP contribution in [0.1, 0.15) is 12.0 Å². The number of nitrogens with one attached hydrogen (secondary N) is 1. The molecule has 2 aromatic carbocycles. The first-order chi connectivity index (χ1) is 15.0. The summed E-state index contributed by atoms with van der Waals surface area (Å²) in [6.45, 7) is 4.58. The molecular weight excluding hydrogens is 414 g/mol. The predicted octanol–water partition coefficient (Wildman–Crippen LogP) is 3.70. The van der Waals surface area contributed by atoms with Gasteiger partial charge in [0, 0.05) is 56.4 Å². The highest BCUT2D eigenvalue weighted by Gasteiger charge is 2.26. The topological polar surface area (TPSA) is 72.9 Å². The minimum atomic E-state index is -0.945. The SMILES string of the molecule is O=C(C[C@H](CN1CCN(C/C=C/c2ccccc2)CC1)C(=O)O)Nc1ccc(Cl)cc1. The summed E-state index contributed by atoms with van der Waals surface area (Å²) in [5.41, 5.74) is 1.79. The van der Waals surface area contributed by atoms with Crippen LogP contribution in [0.2, 0.25) is 5.02 Å². The van der Waals surface area contributed by atoms with Crippen LogP contribution in [0, 0.1) is 5.92 Å². The molecule has 3 rings (SSSR count). The number of hydrogen-bond acceptors (Lipinski definition) is 4. The van der Waals surface area contributed by atoms with Crippen LogP contribution in [0.3, 0.4) is 0 Å². The number of halogens is 1. The maximum Gasteiger partial charge on any atom is 0.308 e. The van der Waals surface area contributed by atoms with Gasteiger partial charge in [-0.15, -0.1) is 0 Å². The third kappa shape index (κ3) is 7.83. The van der Waals surface area contributed by atoms with Crippen LogP contribution in [0.4, 0.5) is 5.69 Å². The summed E-state index contributed by atoms with van der Waals surface area (Å²) in [4.78, 5) is 28.5. The molecule has 0 aromatic heterocycles. The molecule has 6 nitrogen and oxygen atoms in total. The monoisotopic (exact) mass is 441 g/mol. The molecule has 1 aliphatic heterocycles. The van der Waals surface area contributed by atoms with Gasteiger partial charge in [0.25, 0.3) is 0 Å². The minimum Gasteiger partial charge on any atom is -0.481 e. The molecule has 0 radical (unpaired) electrons. The van der Waals surface area contributed by atoms with Gasteiger partial charge in [-0.25, -0.2) is 0 Å². The molecule has 2 N–H and O–H groups in total. The van der Waals surface area contributed by atoms with Crippen molar-refractivity contribution in [1.82, 2.24) is 9.80 Å². The quantitative estimate of drug-likeness (QED) is 0.620.